The summed E-state index contributed by atoms with van der Waals surface area (Å²) in [6.45, 7) is 8.18. The molecular weight excluding hydrogens is 164 g/mol. The Morgan fingerprint density at radius 3 is 2.58 bits per heavy atom. The van der Waals surface area contributed by atoms with Gasteiger partial charge in [0.25, 0.3) is 0 Å². The third kappa shape index (κ3) is 6.53. The molecule has 0 aliphatic heterocycles. The van der Waals surface area contributed by atoms with E-state index in [2.05, 4.69) is 26.5 Å². The molecule has 0 saturated heterocycles. The molecule has 70 valence electrons. The molecule has 0 fully saturated rings. The molecule has 0 amide bonds. The van der Waals surface area contributed by atoms with E-state index in [1.54, 1.807) is 0 Å². The summed E-state index contributed by atoms with van der Waals surface area (Å²) in [6, 6.07) is 0. The molecule has 0 N–H and O–H groups in total. The minimum absolute atomic E-state index is 1.23. The molecule has 0 heterocycles. The highest BCUT2D eigenvalue weighted by Gasteiger charge is 1.95. The summed E-state index contributed by atoms with van der Waals surface area (Å²) in [7, 11) is 0. The van der Waals surface area contributed by atoms with E-state index >= 15 is 0 Å². The monoisotopic (exact) mass is 184 g/mol. The molecule has 0 aliphatic rings. The highest BCUT2D eigenvalue weighted by Crippen LogP contribution is 2.22. The lowest BCUT2D eigenvalue weighted by Gasteiger charge is -2.03. The van der Waals surface area contributed by atoms with Gasteiger partial charge in [0.1, 0.15) is 0 Å². The van der Waals surface area contributed by atoms with Crippen molar-refractivity contribution in [1.29, 1.82) is 0 Å². The third-order valence-corrected chi connectivity index (χ3v) is 2.90. The van der Waals surface area contributed by atoms with Crippen molar-refractivity contribution in [3.8, 4) is 0 Å². The molecule has 1 heteroatoms. The molecule has 0 saturated carbocycles. The molecule has 0 aromatic carbocycles. The molecule has 0 atom stereocenters. The maximum atomic E-state index is 3.73. The van der Waals surface area contributed by atoms with Gasteiger partial charge in [0.15, 0.2) is 0 Å². The molecular formula is C11H20S. The summed E-state index contributed by atoms with van der Waals surface area (Å²) in [5.41, 5.74) is 0. The molecule has 0 aromatic heterocycles. The number of hydrogen-bond acceptors (Lipinski definition) is 1. The first-order valence-corrected chi connectivity index (χ1v) is 5.78. The van der Waals surface area contributed by atoms with E-state index in [1.165, 1.54) is 36.3 Å². The lowest BCUT2D eigenvalue weighted by atomic mass is 10.2. The predicted molar refractivity (Wildman–Crippen MR) is 60.6 cm³/mol. The molecule has 0 spiro atoms. The van der Waals surface area contributed by atoms with Crippen LogP contribution in [-0.2, 0) is 0 Å². The molecule has 0 radical (unpaired) electrons. The van der Waals surface area contributed by atoms with Crippen LogP contribution in [0.2, 0.25) is 0 Å². The van der Waals surface area contributed by atoms with E-state index in [9.17, 15) is 0 Å². The fourth-order valence-electron chi connectivity index (χ4n) is 0.919. The van der Waals surface area contributed by atoms with Crippen LogP contribution in [0.1, 0.15) is 39.5 Å². The van der Waals surface area contributed by atoms with Crippen molar-refractivity contribution in [1.82, 2.24) is 0 Å². The summed E-state index contributed by atoms with van der Waals surface area (Å²) in [5, 5.41) is 0. The zero-order chi connectivity index (χ0) is 9.23. The van der Waals surface area contributed by atoms with Crippen LogP contribution in [0.25, 0.3) is 0 Å². The maximum Gasteiger partial charge on any atom is -0.00259 e. The lowest BCUT2D eigenvalue weighted by Crippen LogP contribution is -1.81. The van der Waals surface area contributed by atoms with Gasteiger partial charge in [-0.05, 0) is 29.9 Å². The fourth-order valence-corrected chi connectivity index (χ4v) is 1.87. The Labute approximate surface area is 81.1 Å². The SMILES string of the molecule is C=C/C=C(/CCCC)SCCC. The molecule has 0 aromatic rings. The molecule has 0 nitrogen and oxygen atoms in total. The van der Waals surface area contributed by atoms with Crippen molar-refractivity contribution in [3.05, 3.63) is 23.6 Å². The van der Waals surface area contributed by atoms with Gasteiger partial charge in [0.05, 0.1) is 0 Å². The van der Waals surface area contributed by atoms with Crippen LogP contribution in [0.3, 0.4) is 0 Å². The first-order valence-electron chi connectivity index (χ1n) is 4.79. The van der Waals surface area contributed by atoms with Gasteiger partial charge in [-0.15, -0.1) is 11.8 Å². The van der Waals surface area contributed by atoms with Gasteiger partial charge in [0, 0.05) is 0 Å². The average molecular weight is 184 g/mol. The second-order valence-corrected chi connectivity index (χ2v) is 4.04. The van der Waals surface area contributed by atoms with E-state index in [0.29, 0.717) is 0 Å². The largest absolute Gasteiger partial charge is 0.131 e. The van der Waals surface area contributed by atoms with Gasteiger partial charge < -0.3 is 0 Å². The Kier molecular flexibility index (Phi) is 8.80. The number of thioether (sulfide) groups is 1. The second-order valence-electron chi connectivity index (χ2n) is 2.82. The molecule has 0 aliphatic carbocycles. The van der Waals surface area contributed by atoms with E-state index in [-0.39, 0.29) is 0 Å². The van der Waals surface area contributed by atoms with Crippen molar-refractivity contribution < 1.29 is 0 Å². The van der Waals surface area contributed by atoms with E-state index in [1.807, 2.05) is 17.8 Å². The summed E-state index contributed by atoms with van der Waals surface area (Å²) in [4.78, 5) is 1.49. The summed E-state index contributed by atoms with van der Waals surface area (Å²) in [5.74, 6) is 1.24. The van der Waals surface area contributed by atoms with Crippen molar-refractivity contribution in [3.63, 3.8) is 0 Å². The number of rotatable bonds is 7. The lowest BCUT2D eigenvalue weighted by molar-refractivity contribution is 0.808. The maximum absolute atomic E-state index is 3.73. The zero-order valence-electron chi connectivity index (χ0n) is 8.31. The van der Waals surface area contributed by atoms with Gasteiger partial charge in [-0.3, -0.25) is 0 Å². The Morgan fingerprint density at radius 2 is 2.08 bits per heavy atom. The second kappa shape index (κ2) is 8.92. The van der Waals surface area contributed by atoms with Crippen molar-refractivity contribution >= 4 is 11.8 Å². The first kappa shape index (κ1) is 11.8. The van der Waals surface area contributed by atoms with Crippen molar-refractivity contribution in [2.45, 2.75) is 39.5 Å². The van der Waals surface area contributed by atoms with E-state index in [4.69, 9.17) is 0 Å². The van der Waals surface area contributed by atoms with Crippen LogP contribution in [0.5, 0.6) is 0 Å². The van der Waals surface area contributed by atoms with Crippen LogP contribution in [0.15, 0.2) is 23.6 Å². The number of unbranched alkanes of at least 4 members (excludes halogenated alkanes) is 1. The zero-order valence-corrected chi connectivity index (χ0v) is 9.12. The van der Waals surface area contributed by atoms with Gasteiger partial charge in [0.2, 0.25) is 0 Å². The van der Waals surface area contributed by atoms with Gasteiger partial charge in [-0.2, -0.15) is 0 Å². The van der Waals surface area contributed by atoms with Crippen LogP contribution in [0, 0.1) is 0 Å². The number of allylic oxidation sites excluding steroid dienone is 3. The molecule has 12 heavy (non-hydrogen) atoms. The molecule has 0 bridgehead atoms. The Bertz CT molecular complexity index is 126. The Morgan fingerprint density at radius 1 is 1.33 bits per heavy atom. The fraction of sp³-hybridized carbons (Fsp3) is 0.636. The van der Waals surface area contributed by atoms with Gasteiger partial charge in [-0.25, -0.2) is 0 Å². The number of hydrogen-bond donors (Lipinski definition) is 0. The summed E-state index contributed by atoms with van der Waals surface area (Å²) < 4.78 is 0. The Balaban J connectivity index is 3.70. The minimum Gasteiger partial charge on any atom is -0.131 e. The Hall–Kier alpha value is -0.170. The van der Waals surface area contributed by atoms with Crippen LogP contribution < -0.4 is 0 Å². The smallest absolute Gasteiger partial charge is 0.00259 e. The van der Waals surface area contributed by atoms with Crippen LogP contribution >= 0.6 is 11.8 Å². The van der Waals surface area contributed by atoms with Gasteiger partial charge >= 0.3 is 0 Å². The summed E-state index contributed by atoms with van der Waals surface area (Å²) in [6.07, 6.45) is 9.11. The third-order valence-electron chi connectivity index (χ3n) is 1.57. The van der Waals surface area contributed by atoms with Crippen LogP contribution in [0.4, 0.5) is 0 Å². The normalized spacial score (nSPS) is 11.7. The van der Waals surface area contributed by atoms with Crippen LogP contribution in [-0.4, -0.2) is 5.75 Å². The minimum atomic E-state index is 1.23. The molecule has 0 rings (SSSR count). The predicted octanol–water partition coefficient (Wildman–Crippen LogP) is 4.39. The topological polar surface area (TPSA) is 0 Å². The first-order chi connectivity index (χ1) is 5.85. The quantitative estimate of drug-likeness (QED) is 0.529. The average Bonchev–Trinajstić information content (AvgIpc) is 2.10. The highest BCUT2D eigenvalue weighted by atomic mass is 32.2. The van der Waals surface area contributed by atoms with Crippen molar-refractivity contribution in [2.24, 2.45) is 0 Å². The van der Waals surface area contributed by atoms with E-state index in [0.717, 1.165) is 0 Å². The van der Waals surface area contributed by atoms with Gasteiger partial charge in [-0.1, -0.05) is 39.0 Å². The highest BCUT2D eigenvalue weighted by molar-refractivity contribution is 8.03. The van der Waals surface area contributed by atoms with E-state index < -0.39 is 0 Å². The van der Waals surface area contributed by atoms with Crippen molar-refractivity contribution in [2.75, 3.05) is 5.75 Å². The summed E-state index contributed by atoms with van der Waals surface area (Å²) >= 11 is 1.98. The standard InChI is InChI=1S/C11H20S/c1-4-7-9-11(8-5-2)12-10-6-3/h5,8H,2,4,6-7,9-10H2,1,3H3/b11-8-. The molecule has 0 unspecified atom stereocenters.